The fourth-order valence-electron chi connectivity index (χ4n) is 3.99. The number of carboxylic acid groups (broad SMARTS) is 1. The maximum absolute atomic E-state index is 10.8. The van der Waals surface area contributed by atoms with E-state index in [1.165, 1.54) is 0 Å². The van der Waals surface area contributed by atoms with E-state index in [1.807, 2.05) is 30.3 Å². The second-order valence-corrected chi connectivity index (χ2v) is 8.33. The largest absolute Gasteiger partial charge is 0.495 e. The number of hydrogen-bond donors (Lipinski definition) is 2. The van der Waals surface area contributed by atoms with Crippen molar-refractivity contribution in [1.82, 2.24) is 10.2 Å². The topological polar surface area (TPSA) is 101 Å². The Morgan fingerprint density at radius 2 is 2.03 bits per heavy atom. The number of hydrogen-bond acceptors (Lipinski definition) is 7. The fourth-order valence-corrected chi connectivity index (χ4v) is 4.27. The van der Waals surface area contributed by atoms with Crippen molar-refractivity contribution in [3.05, 3.63) is 58.4 Å². The van der Waals surface area contributed by atoms with Crippen molar-refractivity contribution in [2.75, 3.05) is 37.0 Å². The van der Waals surface area contributed by atoms with Crippen LogP contribution in [0.4, 0.5) is 17.3 Å². The van der Waals surface area contributed by atoms with Gasteiger partial charge in [-0.3, -0.25) is 0 Å². The molecule has 0 radical (unpaired) electrons. The zero-order valence-electron chi connectivity index (χ0n) is 18.6. The number of methoxy groups -OCH3 is 1. The van der Waals surface area contributed by atoms with Crippen LogP contribution in [0.1, 0.15) is 18.4 Å². The molecule has 0 unspecified atom stereocenters. The Morgan fingerprint density at radius 1 is 1.24 bits per heavy atom. The molecule has 176 valence electrons. The monoisotopic (exact) mass is 481 g/mol. The molecule has 2 heterocycles. The number of fused-ring (bicyclic) bond motifs is 1. The third-order valence-electron chi connectivity index (χ3n) is 5.73. The van der Waals surface area contributed by atoms with E-state index in [0.29, 0.717) is 54.8 Å². The highest BCUT2D eigenvalue weighted by atomic mass is 35.5. The summed E-state index contributed by atoms with van der Waals surface area (Å²) in [5.74, 6) is 0.964. The molecule has 0 bridgehead atoms. The number of rotatable bonds is 8. The van der Waals surface area contributed by atoms with Crippen LogP contribution < -0.4 is 15.0 Å². The van der Waals surface area contributed by atoms with E-state index in [1.54, 1.807) is 13.2 Å². The molecule has 3 aromatic rings. The maximum Gasteiger partial charge on any atom is 0.329 e. The zero-order valence-corrected chi connectivity index (χ0v) is 19.4. The molecule has 0 aliphatic carbocycles. The van der Waals surface area contributed by atoms with E-state index in [2.05, 4.69) is 25.3 Å². The molecular weight excluding hydrogens is 458 g/mol. The van der Waals surface area contributed by atoms with Crippen LogP contribution in [0.3, 0.4) is 0 Å². The normalized spacial score (nSPS) is 14.1. The van der Waals surface area contributed by atoms with Crippen LogP contribution in [-0.4, -0.2) is 54.2 Å². The molecule has 10 heteroatoms. The number of nitrogens with zero attached hydrogens (tertiary/aromatic N) is 4. The lowest BCUT2D eigenvalue weighted by Gasteiger charge is -2.33. The van der Waals surface area contributed by atoms with Crippen molar-refractivity contribution in [2.45, 2.75) is 25.5 Å². The van der Waals surface area contributed by atoms with Crippen LogP contribution in [0.5, 0.6) is 5.75 Å². The summed E-state index contributed by atoms with van der Waals surface area (Å²) in [7, 11) is 1.57. The fraction of sp³-hybridized carbons (Fsp3) is 0.333. The summed E-state index contributed by atoms with van der Waals surface area (Å²) in [6, 6.07) is 11.0. The van der Waals surface area contributed by atoms with Crippen LogP contribution in [-0.2, 0) is 16.1 Å². The van der Waals surface area contributed by atoms with E-state index < -0.39 is 5.97 Å². The summed E-state index contributed by atoms with van der Waals surface area (Å²) in [6.07, 6.45) is 1.32. The molecule has 0 spiro atoms. The lowest BCUT2D eigenvalue weighted by molar-refractivity contribution is -0.144. The Labute approximate surface area is 202 Å². The smallest absolute Gasteiger partial charge is 0.329 e. The van der Waals surface area contributed by atoms with Crippen LogP contribution in [0, 0.1) is 6.57 Å². The number of nitrogens with one attached hydrogen (secondary N) is 1. The number of halogens is 1. The highest BCUT2D eigenvalue weighted by Crippen LogP contribution is 2.33. The average molecular weight is 482 g/mol. The lowest BCUT2D eigenvalue weighted by atomic mass is 10.1. The SMILES string of the molecule is [C-]#[N+]c1ccc2c(N3CCC(OCC(=O)O)CC3)nnc(NCc3ccc(OC)c(Cl)c3)c2c1. The van der Waals surface area contributed by atoms with Crippen molar-refractivity contribution in [3.8, 4) is 5.75 Å². The average Bonchev–Trinajstić information content (AvgIpc) is 2.86. The number of carboxylic acids is 1. The molecule has 1 aliphatic rings. The van der Waals surface area contributed by atoms with Crippen LogP contribution in [0.2, 0.25) is 5.02 Å². The molecule has 9 nitrogen and oxygen atoms in total. The summed E-state index contributed by atoms with van der Waals surface area (Å²) < 4.78 is 10.6. The highest BCUT2D eigenvalue weighted by Gasteiger charge is 2.24. The first-order valence-corrected chi connectivity index (χ1v) is 11.2. The van der Waals surface area contributed by atoms with Crippen molar-refractivity contribution < 1.29 is 19.4 Å². The van der Waals surface area contributed by atoms with Gasteiger partial charge >= 0.3 is 5.97 Å². The lowest BCUT2D eigenvalue weighted by Crippen LogP contribution is -2.38. The molecule has 1 aromatic heterocycles. The van der Waals surface area contributed by atoms with E-state index in [9.17, 15) is 4.79 Å². The molecular formula is C24H24ClN5O4. The summed E-state index contributed by atoms with van der Waals surface area (Å²) in [4.78, 5) is 16.4. The molecule has 2 N–H and O–H groups in total. The predicted molar refractivity (Wildman–Crippen MR) is 130 cm³/mol. The van der Waals surface area contributed by atoms with E-state index in [-0.39, 0.29) is 12.7 Å². The van der Waals surface area contributed by atoms with Crippen LogP contribution in [0.25, 0.3) is 15.6 Å². The second-order valence-electron chi connectivity index (χ2n) is 7.93. The van der Waals surface area contributed by atoms with Gasteiger partial charge < -0.3 is 24.8 Å². The van der Waals surface area contributed by atoms with Gasteiger partial charge in [0, 0.05) is 30.4 Å². The Hall–Kier alpha value is -3.61. The number of aromatic nitrogens is 2. The first-order chi connectivity index (χ1) is 16.5. The van der Waals surface area contributed by atoms with Gasteiger partial charge in [-0.1, -0.05) is 29.8 Å². The third kappa shape index (κ3) is 5.30. The third-order valence-corrected chi connectivity index (χ3v) is 6.03. The molecule has 1 fully saturated rings. The minimum atomic E-state index is -0.963. The zero-order chi connectivity index (χ0) is 24.1. The Balaban J connectivity index is 1.55. The number of ether oxygens (including phenoxy) is 2. The number of anilines is 2. The van der Waals surface area contributed by atoms with Gasteiger partial charge in [0.05, 0.1) is 24.8 Å². The second kappa shape index (κ2) is 10.5. The van der Waals surface area contributed by atoms with Crippen molar-refractivity contribution in [1.29, 1.82) is 0 Å². The summed E-state index contributed by atoms with van der Waals surface area (Å²) in [5.41, 5.74) is 1.47. The van der Waals surface area contributed by atoms with Gasteiger partial charge in [0.25, 0.3) is 0 Å². The first kappa shape index (κ1) is 23.5. The van der Waals surface area contributed by atoms with Gasteiger partial charge in [-0.15, -0.1) is 10.2 Å². The van der Waals surface area contributed by atoms with Crippen molar-refractivity contribution in [3.63, 3.8) is 0 Å². The summed E-state index contributed by atoms with van der Waals surface area (Å²) >= 11 is 6.24. The highest BCUT2D eigenvalue weighted by molar-refractivity contribution is 6.32. The van der Waals surface area contributed by atoms with Gasteiger partial charge in [0.2, 0.25) is 0 Å². The van der Waals surface area contributed by atoms with E-state index >= 15 is 0 Å². The minimum Gasteiger partial charge on any atom is -0.495 e. The quantitative estimate of drug-likeness (QED) is 0.453. The van der Waals surface area contributed by atoms with Gasteiger partial charge in [-0.2, -0.15) is 0 Å². The predicted octanol–water partition coefficient (Wildman–Crippen LogP) is 4.52. The van der Waals surface area contributed by atoms with Crippen molar-refractivity contribution >= 4 is 45.7 Å². The van der Waals surface area contributed by atoms with Crippen LogP contribution >= 0.6 is 11.6 Å². The molecule has 4 rings (SSSR count). The van der Waals surface area contributed by atoms with Gasteiger partial charge in [0.15, 0.2) is 17.3 Å². The van der Waals surface area contributed by atoms with E-state index in [4.69, 9.17) is 32.8 Å². The summed E-state index contributed by atoms with van der Waals surface area (Å²) in [5, 5.41) is 23.3. The van der Waals surface area contributed by atoms with Gasteiger partial charge in [0.1, 0.15) is 12.4 Å². The van der Waals surface area contributed by atoms with E-state index in [0.717, 1.165) is 22.2 Å². The molecule has 34 heavy (non-hydrogen) atoms. The molecule has 0 saturated carbocycles. The Kier molecular flexibility index (Phi) is 7.30. The Bertz CT molecular complexity index is 1240. The molecule has 1 saturated heterocycles. The number of benzene rings is 2. The Morgan fingerprint density at radius 3 is 2.71 bits per heavy atom. The first-order valence-electron chi connectivity index (χ1n) is 10.8. The number of piperidine rings is 1. The summed E-state index contributed by atoms with van der Waals surface area (Å²) in [6.45, 7) is 8.95. The molecule has 1 aliphatic heterocycles. The van der Waals surface area contributed by atoms with Crippen molar-refractivity contribution in [2.24, 2.45) is 0 Å². The van der Waals surface area contributed by atoms with Gasteiger partial charge in [-0.05, 0) is 36.6 Å². The standard InChI is InChI=1S/C24H24ClN5O4/c1-26-16-4-5-18-19(12-16)23(27-13-15-3-6-21(33-2)20(25)11-15)28-29-24(18)30-9-7-17(8-10-30)34-14-22(31)32/h3-6,11-12,17H,7-10,13-14H2,2H3,(H,27,28)(H,31,32). The molecule has 0 amide bonds. The number of aliphatic carboxylic acids is 1. The van der Waals surface area contributed by atoms with Gasteiger partial charge in [-0.25, -0.2) is 9.64 Å². The molecule has 2 aromatic carbocycles. The van der Waals surface area contributed by atoms with Crippen LogP contribution in [0.15, 0.2) is 36.4 Å². The minimum absolute atomic E-state index is 0.0856. The maximum atomic E-state index is 10.8. The molecule has 0 atom stereocenters. The number of carbonyl (C=O) groups is 1.